The molecule has 2 rings (SSSR count). The summed E-state index contributed by atoms with van der Waals surface area (Å²) in [4.78, 5) is 12.4. The Morgan fingerprint density at radius 2 is 1.83 bits per heavy atom. The number of hydrogen-bond acceptors (Lipinski definition) is 3. The average molecular weight is 327 g/mol. The Hall–Kier alpha value is -2.33. The predicted molar refractivity (Wildman–Crippen MR) is 96.6 cm³/mol. The van der Waals surface area contributed by atoms with Gasteiger partial charge in [-0.05, 0) is 43.2 Å². The van der Waals surface area contributed by atoms with Crippen LogP contribution in [0.1, 0.15) is 35.3 Å². The number of carbonyl (C=O) groups is 1. The van der Waals surface area contributed by atoms with E-state index in [1.54, 1.807) is 19.2 Å². The summed E-state index contributed by atoms with van der Waals surface area (Å²) in [6.45, 7) is 7.31. The fourth-order valence-corrected chi connectivity index (χ4v) is 2.28. The van der Waals surface area contributed by atoms with Crippen molar-refractivity contribution in [1.29, 1.82) is 0 Å². The zero-order valence-corrected chi connectivity index (χ0v) is 14.8. The highest BCUT2D eigenvalue weighted by Gasteiger charge is 2.11. The van der Waals surface area contributed by atoms with Crippen LogP contribution in [-0.4, -0.2) is 19.6 Å². The molecule has 0 aromatic heterocycles. The second kappa shape index (κ2) is 8.50. The van der Waals surface area contributed by atoms with Crippen LogP contribution in [0.15, 0.2) is 42.5 Å². The topological polar surface area (TPSA) is 47.6 Å². The van der Waals surface area contributed by atoms with Crippen LogP contribution in [0.25, 0.3) is 0 Å². The lowest BCUT2D eigenvalue weighted by molar-refractivity contribution is 0.0952. The molecule has 1 amide bonds. The van der Waals surface area contributed by atoms with Crippen molar-refractivity contribution in [2.75, 3.05) is 19.0 Å². The van der Waals surface area contributed by atoms with E-state index in [1.807, 2.05) is 37.3 Å². The lowest BCUT2D eigenvalue weighted by atomic mass is 10.1. The zero-order chi connectivity index (χ0) is 17.5. The number of aryl methyl sites for hydroxylation is 1. The van der Waals surface area contributed by atoms with Gasteiger partial charge < -0.3 is 14.8 Å². The molecule has 0 aliphatic carbocycles. The largest absolute Gasteiger partial charge is 0.496 e. The third-order valence-electron chi connectivity index (χ3n) is 3.56. The molecular formula is C20H25NO3. The van der Waals surface area contributed by atoms with E-state index < -0.39 is 0 Å². The molecule has 0 heterocycles. The van der Waals surface area contributed by atoms with E-state index in [4.69, 9.17) is 9.47 Å². The Morgan fingerprint density at radius 3 is 2.46 bits per heavy atom. The van der Waals surface area contributed by atoms with Crippen molar-refractivity contribution >= 4 is 11.6 Å². The summed E-state index contributed by atoms with van der Waals surface area (Å²) in [5.41, 5.74) is 3.38. The molecule has 24 heavy (non-hydrogen) atoms. The second-order valence-electron chi connectivity index (χ2n) is 6.26. The van der Waals surface area contributed by atoms with Crippen LogP contribution in [0.4, 0.5) is 5.69 Å². The van der Waals surface area contributed by atoms with E-state index in [-0.39, 0.29) is 5.91 Å². The summed E-state index contributed by atoms with van der Waals surface area (Å²) in [5, 5.41) is 2.90. The molecule has 0 saturated heterocycles. The Kier molecular flexibility index (Phi) is 6.38. The minimum atomic E-state index is -0.147. The molecule has 0 spiro atoms. The minimum Gasteiger partial charge on any atom is -0.496 e. The van der Waals surface area contributed by atoms with E-state index in [9.17, 15) is 4.79 Å². The lowest BCUT2D eigenvalue weighted by Crippen LogP contribution is -2.13. The van der Waals surface area contributed by atoms with Crippen LogP contribution in [-0.2, 0) is 11.3 Å². The van der Waals surface area contributed by atoms with Crippen LogP contribution in [0.3, 0.4) is 0 Å². The molecule has 1 N–H and O–H groups in total. The first-order valence-electron chi connectivity index (χ1n) is 8.12. The number of hydrogen-bond donors (Lipinski definition) is 1. The summed E-state index contributed by atoms with van der Waals surface area (Å²) < 4.78 is 11.0. The summed E-state index contributed by atoms with van der Waals surface area (Å²) in [6, 6.07) is 13.1. The molecule has 0 saturated carbocycles. The lowest BCUT2D eigenvalue weighted by Gasteiger charge is -2.12. The number of anilines is 1. The highest BCUT2D eigenvalue weighted by molar-refractivity contribution is 6.04. The number of rotatable bonds is 7. The normalized spacial score (nSPS) is 10.7. The summed E-state index contributed by atoms with van der Waals surface area (Å²) >= 11 is 0. The van der Waals surface area contributed by atoms with Gasteiger partial charge in [-0.1, -0.05) is 31.5 Å². The molecule has 0 unspecified atom stereocenters. The molecule has 0 fully saturated rings. The molecule has 128 valence electrons. The van der Waals surface area contributed by atoms with Gasteiger partial charge in [0.1, 0.15) is 5.75 Å². The predicted octanol–water partition coefficient (Wildman–Crippen LogP) is 4.43. The van der Waals surface area contributed by atoms with Crippen LogP contribution in [0.5, 0.6) is 5.75 Å². The van der Waals surface area contributed by atoms with Gasteiger partial charge in [0.25, 0.3) is 5.91 Å². The summed E-state index contributed by atoms with van der Waals surface area (Å²) in [6.07, 6.45) is 0. The Bertz CT molecular complexity index is 678. The number of amides is 1. The second-order valence-corrected chi connectivity index (χ2v) is 6.26. The van der Waals surface area contributed by atoms with Gasteiger partial charge in [-0.15, -0.1) is 0 Å². The van der Waals surface area contributed by atoms with Gasteiger partial charge in [0.05, 0.1) is 13.7 Å². The van der Waals surface area contributed by atoms with Crippen molar-refractivity contribution in [2.24, 2.45) is 5.92 Å². The summed E-state index contributed by atoms with van der Waals surface area (Å²) in [7, 11) is 1.62. The van der Waals surface area contributed by atoms with Crippen molar-refractivity contribution < 1.29 is 14.3 Å². The highest BCUT2D eigenvalue weighted by Crippen LogP contribution is 2.22. The van der Waals surface area contributed by atoms with E-state index in [0.29, 0.717) is 24.7 Å². The van der Waals surface area contributed by atoms with Crippen molar-refractivity contribution in [1.82, 2.24) is 0 Å². The SMILES string of the molecule is COc1ccc(C(=O)Nc2ccc(C)cc2)cc1COCC(C)C. The van der Waals surface area contributed by atoms with E-state index in [2.05, 4.69) is 19.2 Å². The van der Waals surface area contributed by atoms with E-state index in [1.165, 1.54) is 0 Å². The van der Waals surface area contributed by atoms with Crippen LogP contribution in [0, 0.1) is 12.8 Å². The van der Waals surface area contributed by atoms with E-state index in [0.717, 1.165) is 22.6 Å². The van der Waals surface area contributed by atoms with Crippen LogP contribution < -0.4 is 10.1 Å². The van der Waals surface area contributed by atoms with Gasteiger partial charge in [0.2, 0.25) is 0 Å². The van der Waals surface area contributed by atoms with Crippen molar-refractivity contribution in [3.8, 4) is 5.75 Å². The maximum atomic E-state index is 12.4. The molecule has 0 aliphatic heterocycles. The molecule has 0 atom stereocenters. The molecule has 2 aromatic rings. The minimum absolute atomic E-state index is 0.147. The van der Waals surface area contributed by atoms with Gasteiger partial charge in [-0.3, -0.25) is 4.79 Å². The number of nitrogens with one attached hydrogen (secondary N) is 1. The number of benzene rings is 2. The first-order valence-corrected chi connectivity index (χ1v) is 8.12. The maximum Gasteiger partial charge on any atom is 0.255 e. The van der Waals surface area contributed by atoms with Crippen molar-refractivity contribution in [2.45, 2.75) is 27.4 Å². The Labute approximate surface area is 143 Å². The smallest absolute Gasteiger partial charge is 0.255 e. The van der Waals surface area contributed by atoms with Crippen LogP contribution >= 0.6 is 0 Å². The van der Waals surface area contributed by atoms with Gasteiger partial charge in [0, 0.05) is 23.4 Å². The molecule has 2 aromatic carbocycles. The van der Waals surface area contributed by atoms with E-state index >= 15 is 0 Å². The van der Waals surface area contributed by atoms with Gasteiger partial charge >= 0.3 is 0 Å². The molecule has 4 nitrogen and oxygen atoms in total. The average Bonchev–Trinajstić information content (AvgIpc) is 2.56. The van der Waals surface area contributed by atoms with Gasteiger partial charge in [-0.2, -0.15) is 0 Å². The van der Waals surface area contributed by atoms with Crippen LogP contribution in [0.2, 0.25) is 0 Å². The third kappa shape index (κ3) is 5.10. The number of ether oxygens (including phenoxy) is 2. The molecule has 0 radical (unpaired) electrons. The fourth-order valence-electron chi connectivity index (χ4n) is 2.28. The quantitative estimate of drug-likeness (QED) is 0.818. The molecular weight excluding hydrogens is 302 g/mol. The van der Waals surface area contributed by atoms with Crippen molar-refractivity contribution in [3.63, 3.8) is 0 Å². The molecule has 0 aliphatic rings. The Balaban J connectivity index is 2.11. The highest BCUT2D eigenvalue weighted by atomic mass is 16.5. The first-order chi connectivity index (χ1) is 11.5. The molecule has 0 bridgehead atoms. The van der Waals surface area contributed by atoms with Gasteiger partial charge in [-0.25, -0.2) is 0 Å². The zero-order valence-electron chi connectivity index (χ0n) is 14.8. The first kappa shape index (κ1) is 18.0. The standard InChI is InChI=1S/C20H25NO3/c1-14(2)12-24-13-17-11-16(7-10-19(17)23-4)20(22)21-18-8-5-15(3)6-9-18/h5-11,14H,12-13H2,1-4H3,(H,21,22). The summed E-state index contributed by atoms with van der Waals surface area (Å²) in [5.74, 6) is 1.04. The number of methoxy groups -OCH3 is 1. The molecule has 4 heteroatoms. The maximum absolute atomic E-state index is 12.4. The monoisotopic (exact) mass is 327 g/mol. The van der Waals surface area contributed by atoms with Gasteiger partial charge in [0.15, 0.2) is 0 Å². The fraction of sp³-hybridized carbons (Fsp3) is 0.350. The number of carbonyl (C=O) groups excluding carboxylic acids is 1. The third-order valence-corrected chi connectivity index (χ3v) is 3.56. The Morgan fingerprint density at radius 1 is 1.12 bits per heavy atom. The van der Waals surface area contributed by atoms with Crippen molar-refractivity contribution in [3.05, 3.63) is 59.2 Å².